The lowest BCUT2D eigenvalue weighted by molar-refractivity contribution is 0.394. The van der Waals surface area contributed by atoms with E-state index in [0.29, 0.717) is 18.0 Å². The fraction of sp³-hybridized carbons (Fsp3) is 0.231. The van der Waals surface area contributed by atoms with Crippen molar-refractivity contribution in [3.63, 3.8) is 0 Å². The highest BCUT2D eigenvalue weighted by Gasteiger charge is 2.15. The van der Waals surface area contributed by atoms with Gasteiger partial charge in [0.05, 0.1) is 49.9 Å². The topological polar surface area (TPSA) is 77.7 Å². The SMILES string of the molecule is C/C=C\N=C(C)CN(c1cc(OC)cc(OC)c1)c1ccc2ncc(-c3cnn(C)c3)nc2c1. The van der Waals surface area contributed by atoms with Crippen molar-refractivity contribution in [1.29, 1.82) is 0 Å². The minimum atomic E-state index is 0.571. The Morgan fingerprint density at radius 2 is 1.79 bits per heavy atom. The largest absolute Gasteiger partial charge is 0.497 e. The standard InChI is InChI=1S/C26H28N6O2/c1-6-9-27-18(2)16-32(21-10-22(33-4)13-23(11-21)34-5)20-7-8-24-25(12-20)30-26(15-28-24)19-14-29-31(3)17-19/h6-15,17H,16H2,1-5H3/b9-6-,27-18?. The molecule has 8 heteroatoms. The summed E-state index contributed by atoms with van der Waals surface area (Å²) < 4.78 is 12.8. The van der Waals surface area contributed by atoms with Crippen LogP contribution in [0.3, 0.4) is 0 Å². The maximum Gasteiger partial charge on any atom is 0.124 e. The van der Waals surface area contributed by atoms with Crippen molar-refractivity contribution in [2.75, 3.05) is 25.7 Å². The lowest BCUT2D eigenvalue weighted by atomic mass is 10.1. The van der Waals surface area contributed by atoms with Gasteiger partial charge in [0.15, 0.2) is 0 Å². The third kappa shape index (κ3) is 5.06. The lowest BCUT2D eigenvalue weighted by Gasteiger charge is -2.26. The molecule has 34 heavy (non-hydrogen) atoms. The third-order valence-corrected chi connectivity index (χ3v) is 5.32. The van der Waals surface area contributed by atoms with Crippen molar-refractivity contribution in [1.82, 2.24) is 19.7 Å². The van der Waals surface area contributed by atoms with E-state index < -0.39 is 0 Å². The Morgan fingerprint density at radius 3 is 2.44 bits per heavy atom. The van der Waals surface area contributed by atoms with Crippen LogP contribution < -0.4 is 14.4 Å². The first-order valence-corrected chi connectivity index (χ1v) is 10.9. The Labute approximate surface area is 199 Å². The van der Waals surface area contributed by atoms with E-state index in [4.69, 9.17) is 14.5 Å². The van der Waals surface area contributed by atoms with Crippen LogP contribution in [0.15, 0.2) is 72.3 Å². The van der Waals surface area contributed by atoms with Gasteiger partial charge in [-0.2, -0.15) is 5.10 Å². The average molecular weight is 457 g/mol. The number of ether oxygens (including phenoxy) is 2. The summed E-state index contributed by atoms with van der Waals surface area (Å²) >= 11 is 0. The molecule has 2 aromatic carbocycles. The molecule has 0 amide bonds. The Kier molecular flexibility index (Phi) is 6.87. The number of benzene rings is 2. The second kappa shape index (κ2) is 10.2. The van der Waals surface area contributed by atoms with E-state index >= 15 is 0 Å². The molecule has 0 atom stereocenters. The molecule has 0 aliphatic carbocycles. The monoisotopic (exact) mass is 456 g/mol. The van der Waals surface area contributed by atoms with Crippen molar-refractivity contribution >= 4 is 28.1 Å². The minimum Gasteiger partial charge on any atom is -0.497 e. The van der Waals surface area contributed by atoms with Crippen LogP contribution in [0.5, 0.6) is 11.5 Å². The van der Waals surface area contributed by atoms with E-state index in [1.54, 1.807) is 37.5 Å². The Bertz CT molecular complexity index is 1340. The fourth-order valence-corrected chi connectivity index (χ4v) is 3.61. The van der Waals surface area contributed by atoms with Gasteiger partial charge < -0.3 is 14.4 Å². The van der Waals surface area contributed by atoms with Gasteiger partial charge in [-0.3, -0.25) is 14.7 Å². The summed E-state index contributed by atoms with van der Waals surface area (Å²) in [6, 6.07) is 11.9. The van der Waals surface area contributed by atoms with Crippen LogP contribution >= 0.6 is 0 Å². The summed E-state index contributed by atoms with van der Waals surface area (Å²) in [5, 5.41) is 4.25. The smallest absolute Gasteiger partial charge is 0.124 e. The highest BCUT2D eigenvalue weighted by molar-refractivity contribution is 5.91. The van der Waals surface area contributed by atoms with Gasteiger partial charge in [-0.05, 0) is 32.0 Å². The quantitative estimate of drug-likeness (QED) is 0.340. The van der Waals surface area contributed by atoms with E-state index in [9.17, 15) is 0 Å². The predicted molar refractivity (Wildman–Crippen MR) is 136 cm³/mol. The van der Waals surface area contributed by atoms with Crippen molar-refractivity contribution in [2.45, 2.75) is 13.8 Å². The first-order chi connectivity index (χ1) is 16.5. The van der Waals surface area contributed by atoms with Crippen LogP contribution in [-0.2, 0) is 7.05 Å². The summed E-state index contributed by atoms with van der Waals surface area (Å²) in [6.45, 7) is 4.52. The second-order valence-electron chi connectivity index (χ2n) is 7.83. The van der Waals surface area contributed by atoms with Gasteiger partial charge in [0.25, 0.3) is 0 Å². The number of nitrogens with zero attached hydrogens (tertiary/aromatic N) is 6. The first kappa shape index (κ1) is 23.0. The summed E-state index contributed by atoms with van der Waals surface area (Å²) in [5.74, 6) is 1.42. The van der Waals surface area contributed by atoms with Gasteiger partial charge >= 0.3 is 0 Å². The average Bonchev–Trinajstić information content (AvgIpc) is 3.31. The van der Waals surface area contributed by atoms with Crippen LogP contribution in [0, 0.1) is 0 Å². The van der Waals surface area contributed by atoms with Crippen LogP contribution in [0.1, 0.15) is 13.8 Å². The van der Waals surface area contributed by atoms with E-state index in [1.165, 1.54) is 0 Å². The number of aryl methyl sites for hydroxylation is 1. The van der Waals surface area contributed by atoms with Gasteiger partial charge in [0.1, 0.15) is 11.5 Å². The molecule has 2 aromatic heterocycles. The van der Waals surface area contributed by atoms with Crippen LogP contribution in [0.25, 0.3) is 22.3 Å². The molecule has 0 aliphatic heterocycles. The highest BCUT2D eigenvalue weighted by Crippen LogP contribution is 2.34. The zero-order valence-corrected chi connectivity index (χ0v) is 20.1. The summed E-state index contributed by atoms with van der Waals surface area (Å²) in [6.07, 6.45) is 9.20. The summed E-state index contributed by atoms with van der Waals surface area (Å²) in [7, 11) is 5.18. The van der Waals surface area contributed by atoms with Gasteiger partial charge in [-0.1, -0.05) is 6.08 Å². The number of aliphatic imine (C=N–C) groups is 1. The molecule has 0 fully saturated rings. The summed E-state index contributed by atoms with van der Waals surface area (Å²) in [5.41, 5.74) is 6.14. The number of hydrogen-bond acceptors (Lipinski definition) is 7. The number of rotatable bonds is 8. The van der Waals surface area contributed by atoms with Crippen LogP contribution in [0.4, 0.5) is 11.4 Å². The molecular formula is C26H28N6O2. The van der Waals surface area contributed by atoms with Crippen molar-refractivity contribution < 1.29 is 9.47 Å². The molecule has 0 saturated carbocycles. The molecule has 0 aliphatic rings. The lowest BCUT2D eigenvalue weighted by Crippen LogP contribution is -2.24. The molecule has 0 spiro atoms. The number of hydrogen-bond donors (Lipinski definition) is 0. The fourth-order valence-electron chi connectivity index (χ4n) is 3.61. The molecule has 0 radical (unpaired) electrons. The molecule has 0 unspecified atom stereocenters. The Hall–Kier alpha value is -4.20. The molecule has 0 N–H and O–H groups in total. The van der Waals surface area contributed by atoms with Crippen molar-refractivity contribution in [3.05, 3.63) is 67.3 Å². The number of aromatic nitrogens is 4. The number of fused-ring (bicyclic) bond motifs is 1. The molecule has 174 valence electrons. The van der Waals surface area contributed by atoms with Gasteiger partial charge in [0, 0.05) is 60.3 Å². The van der Waals surface area contributed by atoms with Crippen LogP contribution in [-0.4, -0.2) is 46.2 Å². The molecule has 4 rings (SSSR count). The van der Waals surface area contributed by atoms with Crippen LogP contribution in [0.2, 0.25) is 0 Å². The zero-order chi connectivity index (χ0) is 24.1. The Morgan fingerprint density at radius 1 is 1.03 bits per heavy atom. The zero-order valence-electron chi connectivity index (χ0n) is 20.1. The van der Waals surface area contributed by atoms with E-state index in [2.05, 4.69) is 20.0 Å². The molecule has 0 bridgehead atoms. The molecule has 2 heterocycles. The van der Waals surface area contributed by atoms with Crippen molar-refractivity contribution in [2.24, 2.45) is 12.0 Å². The van der Waals surface area contributed by atoms with E-state index in [0.717, 1.165) is 39.4 Å². The third-order valence-electron chi connectivity index (χ3n) is 5.32. The van der Waals surface area contributed by atoms with Gasteiger partial charge in [-0.15, -0.1) is 0 Å². The highest BCUT2D eigenvalue weighted by atomic mass is 16.5. The minimum absolute atomic E-state index is 0.571. The number of allylic oxidation sites excluding steroid dienone is 1. The maximum atomic E-state index is 5.51. The van der Waals surface area contributed by atoms with Gasteiger partial charge in [-0.25, -0.2) is 4.98 Å². The number of methoxy groups -OCH3 is 2. The maximum absolute atomic E-state index is 5.51. The first-order valence-electron chi connectivity index (χ1n) is 10.9. The predicted octanol–water partition coefficient (Wildman–Crippen LogP) is 5.18. The Balaban J connectivity index is 1.82. The van der Waals surface area contributed by atoms with E-state index in [-0.39, 0.29) is 0 Å². The van der Waals surface area contributed by atoms with E-state index in [1.807, 2.05) is 69.6 Å². The normalized spacial score (nSPS) is 11.9. The number of anilines is 2. The molecular weight excluding hydrogens is 428 g/mol. The summed E-state index contributed by atoms with van der Waals surface area (Å²) in [4.78, 5) is 16.2. The molecule has 0 saturated heterocycles. The molecule has 8 nitrogen and oxygen atoms in total. The molecule has 4 aromatic rings. The van der Waals surface area contributed by atoms with Crippen molar-refractivity contribution in [3.8, 4) is 22.8 Å². The second-order valence-corrected chi connectivity index (χ2v) is 7.83. The van der Waals surface area contributed by atoms with Gasteiger partial charge in [0.2, 0.25) is 0 Å².